The van der Waals surface area contributed by atoms with Gasteiger partial charge in [-0.25, -0.2) is 0 Å². The highest BCUT2D eigenvalue weighted by Gasteiger charge is 2.34. The van der Waals surface area contributed by atoms with Crippen molar-refractivity contribution >= 4 is 11.6 Å². The van der Waals surface area contributed by atoms with Gasteiger partial charge in [-0.2, -0.15) is 26.3 Å². The SMILES string of the molecule is CN(CCN(Cc1ccccc1C(F)(F)F)C(=O)CNc1cccc2c1CN(CC1CC1)CC2)CC(F)(F)F. The van der Waals surface area contributed by atoms with E-state index in [9.17, 15) is 31.1 Å². The molecule has 1 amide bonds. The first kappa shape index (κ1) is 29.2. The standard InChI is InChI=1S/C28H34F6N4O/c1-36(19-27(29,30)31)13-14-38(17-22-5-2-3-7-24(22)28(32,33)34)26(39)15-35-25-8-4-6-21-11-12-37(18-23(21)25)16-20-9-10-20/h2-8,20,35H,9-19H2,1H3. The molecule has 214 valence electrons. The Balaban J connectivity index is 1.47. The zero-order chi connectivity index (χ0) is 28.2. The van der Waals surface area contributed by atoms with Gasteiger partial charge in [0, 0.05) is 45.0 Å². The number of anilines is 1. The number of likely N-dealkylation sites (N-methyl/N-ethyl adjacent to an activating group) is 1. The highest BCUT2D eigenvalue weighted by Crippen LogP contribution is 2.34. The number of alkyl halides is 6. The average molecular weight is 557 g/mol. The van der Waals surface area contributed by atoms with Crippen molar-refractivity contribution in [1.82, 2.24) is 14.7 Å². The van der Waals surface area contributed by atoms with E-state index < -0.39 is 30.4 Å². The molecule has 2 aromatic rings. The highest BCUT2D eigenvalue weighted by atomic mass is 19.4. The second kappa shape index (κ2) is 12.2. The van der Waals surface area contributed by atoms with Crippen LogP contribution in [0.1, 0.15) is 35.1 Å². The normalized spacial score (nSPS) is 16.3. The number of hydrogen-bond acceptors (Lipinski definition) is 4. The molecule has 2 aromatic carbocycles. The molecule has 0 unspecified atom stereocenters. The Morgan fingerprint density at radius 3 is 2.46 bits per heavy atom. The van der Waals surface area contributed by atoms with Crippen LogP contribution in [0.3, 0.4) is 0 Å². The minimum absolute atomic E-state index is 0.107. The molecule has 0 saturated heterocycles. The predicted octanol–water partition coefficient (Wildman–Crippen LogP) is 5.41. The van der Waals surface area contributed by atoms with Crippen LogP contribution in [0.4, 0.5) is 32.0 Å². The lowest BCUT2D eigenvalue weighted by atomic mass is 9.97. The van der Waals surface area contributed by atoms with E-state index in [2.05, 4.69) is 16.3 Å². The molecule has 2 aliphatic rings. The molecule has 4 rings (SSSR count). The summed E-state index contributed by atoms with van der Waals surface area (Å²) in [7, 11) is 1.27. The zero-order valence-electron chi connectivity index (χ0n) is 21.9. The fourth-order valence-corrected chi connectivity index (χ4v) is 5.02. The van der Waals surface area contributed by atoms with Crippen LogP contribution in [0, 0.1) is 5.92 Å². The molecule has 0 aromatic heterocycles. The molecule has 0 bridgehead atoms. The van der Waals surface area contributed by atoms with E-state index >= 15 is 0 Å². The highest BCUT2D eigenvalue weighted by molar-refractivity contribution is 5.81. The van der Waals surface area contributed by atoms with E-state index in [1.165, 1.54) is 48.6 Å². The topological polar surface area (TPSA) is 38.8 Å². The predicted molar refractivity (Wildman–Crippen MR) is 137 cm³/mol. The maximum atomic E-state index is 13.6. The number of carbonyl (C=O) groups excluding carboxylic acids is 1. The third-order valence-electron chi connectivity index (χ3n) is 7.23. The number of amides is 1. The molecule has 0 atom stereocenters. The van der Waals surface area contributed by atoms with Crippen LogP contribution < -0.4 is 5.32 Å². The van der Waals surface area contributed by atoms with Crippen LogP contribution >= 0.6 is 0 Å². The van der Waals surface area contributed by atoms with Crippen molar-refractivity contribution in [2.45, 2.75) is 44.7 Å². The van der Waals surface area contributed by atoms with Crippen molar-refractivity contribution in [3.8, 4) is 0 Å². The molecule has 0 spiro atoms. The molecule has 11 heteroatoms. The lowest BCUT2D eigenvalue weighted by Crippen LogP contribution is -2.42. The second-order valence-corrected chi connectivity index (χ2v) is 10.5. The van der Waals surface area contributed by atoms with E-state index in [1.807, 2.05) is 12.1 Å². The number of carbonyl (C=O) groups is 1. The number of nitrogens with one attached hydrogen (secondary N) is 1. The summed E-state index contributed by atoms with van der Waals surface area (Å²) in [5.41, 5.74) is 2.13. The Labute approximate surface area is 224 Å². The molecule has 39 heavy (non-hydrogen) atoms. The monoisotopic (exact) mass is 556 g/mol. The van der Waals surface area contributed by atoms with Crippen molar-refractivity contribution < 1.29 is 31.1 Å². The molecule has 1 heterocycles. The van der Waals surface area contributed by atoms with Gasteiger partial charge in [-0.15, -0.1) is 0 Å². The summed E-state index contributed by atoms with van der Waals surface area (Å²) in [5.74, 6) is 0.257. The molecule has 1 saturated carbocycles. The first-order valence-electron chi connectivity index (χ1n) is 13.1. The van der Waals surface area contributed by atoms with E-state index in [1.54, 1.807) is 0 Å². The van der Waals surface area contributed by atoms with Gasteiger partial charge in [-0.05, 0) is 61.1 Å². The lowest BCUT2D eigenvalue weighted by molar-refractivity contribution is -0.144. The minimum atomic E-state index is -4.62. The number of fused-ring (bicyclic) bond motifs is 1. The van der Waals surface area contributed by atoms with Crippen LogP contribution in [-0.2, 0) is 30.5 Å². The molecular weight excluding hydrogens is 522 g/mol. The number of rotatable bonds is 11. The largest absolute Gasteiger partial charge is 0.416 e. The summed E-state index contributed by atoms with van der Waals surface area (Å²) >= 11 is 0. The van der Waals surface area contributed by atoms with Gasteiger partial charge in [0.2, 0.25) is 5.91 Å². The quantitative estimate of drug-likeness (QED) is 0.376. The molecular formula is C28H34F6N4O. The van der Waals surface area contributed by atoms with E-state index in [4.69, 9.17) is 0 Å². The zero-order valence-corrected chi connectivity index (χ0v) is 21.9. The van der Waals surface area contributed by atoms with Crippen LogP contribution in [0.5, 0.6) is 0 Å². The van der Waals surface area contributed by atoms with Gasteiger partial charge in [-0.3, -0.25) is 14.6 Å². The number of halogens is 6. The molecule has 1 aliphatic carbocycles. The maximum Gasteiger partial charge on any atom is 0.416 e. The van der Waals surface area contributed by atoms with Crippen molar-refractivity contribution in [1.29, 1.82) is 0 Å². The van der Waals surface area contributed by atoms with Gasteiger partial charge in [-0.1, -0.05) is 30.3 Å². The Morgan fingerprint density at radius 2 is 1.77 bits per heavy atom. The number of hydrogen-bond donors (Lipinski definition) is 1. The van der Waals surface area contributed by atoms with Crippen LogP contribution in [0.15, 0.2) is 42.5 Å². The maximum absolute atomic E-state index is 13.6. The smallest absolute Gasteiger partial charge is 0.376 e. The number of benzene rings is 2. The van der Waals surface area contributed by atoms with E-state index in [0.717, 1.165) is 54.2 Å². The van der Waals surface area contributed by atoms with Gasteiger partial charge >= 0.3 is 12.4 Å². The Morgan fingerprint density at radius 1 is 1.03 bits per heavy atom. The van der Waals surface area contributed by atoms with Crippen molar-refractivity contribution in [2.24, 2.45) is 5.92 Å². The lowest BCUT2D eigenvalue weighted by Gasteiger charge is -2.31. The molecule has 1 N–H and O–H groups in total. The molecule has 0 radical (unpaired) electrons. The summed E-state index contributed by atoms with van der Waals surface area (Å²) in [4.78, 5) is 17.9. The van der Waals surface area contributed by atoms with Gasteiger partial charge < -0.3 is 10.2 Å². The molecule has 1 fully saturated rings. The fourth-order valence-electron chi connectivity index (χ4n) is 5.02. The third-order valence-corrected chi connectivity index (χ3v) is 7.23. The summed E-state index contributed by atoms with van der Waals surface area (Å²) in [5, 5.41) is 3.17. The van der Waals surface area contributed by atoms with E-state index in [0.29, 0.717) is 0 Å². The van der Waals surface area contributed by atoms with Gasteiger partial charge in [0.25, 0.3) is 0 Å². The van der Waals surface area contributed by atoms with Gasteiger partial charge in [0.15, 0.2) is 0 Å². The van der Waals surface area contributed by atoms with Gasteiger partial charge in [0.1, 0.15) is 0 Å². The minimum Gasteiger partial charge on any atom is -0.376 e. The van der Waals surface area contributed by atoms with Crippen molar-refractivity contribution in [2.75, 3.05) is 51.6 Å². The van der Waals surface area contributed by atoms with Gasteiger partial charge in [0.05, 0.1) is 18.7 Å². The third kappa shape index (κ3) is 8.60. The second-order valence-electron chi connectivity index (χ2n) is 10.5. The summed E-state index contributed by atoms with van der Waals surface area (Å²) < 4.78 is 79.2. The summed E-state index contributed by atoms with van der Waals surface area (Å²) in [6, 6.07) is 10.8. The summed E-state index contributed by atoms with van der Waals surface area (Å²) in [6.07, 6.45) is -5.64. The van der Waals surface area contributed by atoms with Crippen molar-refractivity contribution in [3.63, 3.8) is 0 Å². The average Bonchev–Trinajstić information content (AvgIpc) is 3.67. The van der Waals surface area contributed by atoms with Crippen molar-refractivity contribution in [3.05, 3.63) is 64.7 Å². The Bertz CT molecular complexity index is 1130. The molecule has 5 nitrogen and oxygen atoms in total. The first-order chi connectivity index (χ1) is 18.4. The summed E-state index contributed by atoms with van der Waals surface area (Å²) in [6.45, 7) is 0.758. The number of nitrogens with zero attached hydrogens (tertiary/aromatic N) is 3. The fraction of sp³-hybridized carbons (Fsp3) is 0.536. The Hall–Kier alpha value is -2.79. The van der Waals surface area contributed by atoms with Crippen LogP contribution in [-0.4, -0.2) is 73.1 Å². The van der Waals surface area contributed by atoms with Crippen LogP contribution in [0.2, 0.25) is 0 Å². The Kier molecular flexibility index (Phi) is 9.10. The molecule has 1 aliphatic heterocycles. The first-order valence-corrected chi connectivity index (χ1v) is 13.1. The van der Waals surface area contributed by atoms with Crippen LogP contribution in [0.25, 0.3) is 0 Å². The van der Waals surface area contributed by atoms with E-state index in [-0.39, 0.29) is 31.7 Å².